The summed E-state index contributed by atoms with van der Waals surface area (Å²) in [5, 5.41) is 33.4. The lowest BCUT2D eigenvalue weighted by Crippen LogP contribution is -2.55. The number of Topliss-reactive ketones (excluding diaryl/α,β-unsaturated/α-hetero) is 2. The standard InChI is InChI=1S/C25H37ClN2O2.C22H35BrO2.C3H3ClN2.3CH4/c1-23(30)10-11-24(2)16(12-23)4-5-18-19-6-7-21(25(19,3)9-8-20(18)24)22(29)15-28-14-17(26)13-27-28;1-20(25)10-11-21(2)14(12-20)4-5-15-16-6-7-18(19(24)13-23)22(16,3)9-8-17(15)21;4-3-1-5-6-2-3;;;/h13-14,16,18-21,30H,4-12,15H2,1-3H3;14-18,25H,4-13H2,1-3H3;1-2H,(H,5,6);3*1H4/t16-,18-,19-,20-,21+,23+,24-,25-;14-,15-,16-,17-,18+,20+,21-,22-;;;;/m00..../s1. The normalized spacial score (nSPS) is 44.9. The van der Waals surface area contributed by atoms with Crippen molar-refractivity contribution < 1.29 is 19.8 Å². The molecule has 3 N–H and O–H groups in total. The molecule has 0 unspecified atom stereocenters. The minimum Gasteiger partial charge on any atom is -0.390 e. The van der Waals surface area contributed by atoms with E-state index < -0.39 is 11.2 Å². The van der Waals surface area contributed by atoms with Gasteiger partial charge < -0.3 is 10.2 Å². The second kappa shape index (κ2) is 20.0. The molecule has 0 aromatic carbocycles. The molecule has 8 saturated carbocycles. The number of nitrogens with zero attached hydrogens (tertiary/aromatic N) is 3. The number of carbonyl (C=O) groups excluding carboxylic acids is 2. The van der Waals surface area contributed by atoms with E-state index >= 15 is 0 Å². The molecule has 10 rings (SSSR count). The molecule has 16 atom stereocenters. The average molecular weight is 995 g/mol. The SMILES string of the molecule is C.C.C.C[C@@]1(O)CC[C@@]2(C)[C@@H](CC[C@@H]3[C@@H]2CC[C@]2(C)[C@@H](C(=O)CBr)CC[C@@H]32)C1.C[C@@]1(O)CC[C@@]2(C)[C@@H](CC[C@@H]3[C@@H]2CC[C@]2(C)[C@@H](C(=O)Cn4cc(Cl)cn4)CC[C@@H]32)C1.Clc1cn[nH]c1. The van der Waals surface area contributed by atoms with Gasteiger partial charge in [0.1, 0.15) is 5.78 Å². The molecule has 364 valence electrons. The fraction of sp³-hybridized carbons (Fsp3) is 0.849. The van der Waals surface area contributed by atoms with Crippen LogP contribution in [-0.2, 0) is 16.1 Å². The van der Waals surface area contributed by atoms with Gasteiger partial charge in [-0.15, -0.1) is 0 Å². The molecule has 0 aliphatic heterocycles. The summed E-state index contributed by atoms with van der Waals surface area (Å²) in [4.78, 5) is 25.8. The van der Waals surface area contributed by atoms with Gasteiger partial charge in [-0.25, -0.2) is 0 Å². The van der Waals surface area contributed by atoms with Crippen molar-refractivity contribution in [1.29, 1.82) is 0 Å². The third kappa shape index (κ3) is 9.80. The van der Waals surface area contributed by atoms with Crippen molar-refractivity contribution in [3.8, 4) is 0 Å². The summed E-state index contributed by atoms with van der Waals surface area (Å²) in [6.45, 7) is 14.4. The Morgan fingerprint density at radius 2 is 1.11 bits per heavy atom. The van der Waals surface area contributed by atoms with Gasteiger partial charge in [-0.2, -0.15) is 10.2 Å². The number of hydrogen-bond acceptors (Lipinski definition) is 6. The second-order valence-corrected chi connectivity index (χ2v) is 24.8. The van der Waals surface area contributed by atoms with Crippen LogP contribution in [0.3, 0.4) is 0 Å². The zero-order valence-corrected chi connectivity index (χ0v) is 41.0. The van der Waals surface area contributed by atoms with Crippen LogP contribution in [0.5, 0.6) is 0 Å². The van der Waals surface area contributed by atoms with Gasteiger partial charge in [-0.3, -0.25) is 19.4 Å². The van der Waals surface area contributed by atoms with Crippen molar-refractivity contribution in [3.05, 3.63) is 34.8 Å². The second-order valence-electron chi connectivity index (χ2n) is 23.4. The molecule has 8 fully saturated rings. The topological polar surface area (TPSA) is 121 Å². The molecular formula is C53H87BrCl2N4O4. The molecule has 0 amide bonds. The summed E-state index contributed by atoms with van der Waals surface area (Å²) in [6.07, 6.45) is 27.5. The number of fused-ring (bicyclic) bond motifs is 10. The maximum absolute atomic E-state index is 13.3. The highest BCUT2D eigenvalue weighted by atomic mass is 79.9. The largest absolute Gasteiger partial charge is 0.390 e. The molecule has 8 nitrogen and oxygen atoms in total. The Kier molecular flexibility index (Phi) is 16.8. The van der Waals surface area contributed by atoms with Crippen LogP contribution >= 0.6 is 39.1 Å². The van der Waals surface area contributed by atoms with Gasteiger partial charge in [-0.05, 0) is 198 Å². The molecule has 64 heavy (non-hydrogen) atoms. The predicted octanol–water partition coefficient (Wildman–Crippen LogP) is 13.8. The Hall–Kier alpha value is -1.26. The number of H-pyrrole nitrogens is 1. The lowest BCUT2D eigenvalue weighted by Gasteiger charge is -2.61. The quantitative estimate of drug-likeness (QED) is 0.257. The summed E-state index contributed by atoms with van der Waals surface area (Å²) < 4.78 is 1.70. The van der Waals surface area contributed by atoms with Crippen LogP contribution in [0.4, 0.5) is 0 Å². The van der Waals surface area contributed by atoms with E-state index in [2.05, 4.69) is 58.9 Å². The number of hydrogen-bond donors (Lipinski definition) is 3. The molecule has 0 saturated heterocycles. The van der Waals surface area contributed by atoms with Crippen LogP contribution in [0.1, 0.15) is 179 Å². The third-order valence-corrected chi connectivity index (χ3v) is 21.2. The molecule has 2 aromatic heterocycles. The number of alkyl halides is 1. The number of aliphatic hydroxyl groups is 2. The van der Waals surface area contributed by atoms with Crippen molar-refractivity contribution in [2.45, 2.75) is 197 Å². The Labute approximate surface area is 406 Å². The van der Waals surface area contributed by atoms with Gasteiger partial charge in [0.15, 0.2) is 5.78 Å². The van der Waals surface area contributed by atoms with E-state index in [1.165, 1.54) is 70.6 Å². The fourth-order valence-corrected chi connectivity index (χ4v) is 17.6. The summed E-state index contributed by atoms with van der Waals surface area (Å²) >= 11 is 14.8. The highest BCUT2D eigenvalue weighted by Crippen LogP contribution is 2.70. The maximum Gasteiger partial charge on any atom is 0.157 e. The number of nitrogens with one attached hydrogen (secondary N) is 1. The number of ketones is 2. The molecular weight excluding hydrogens is 907 g/mol. The van der Waals surface area contributed by atoms with Crippen LogP contribution in [0, 0.1) is 80.8 Å². The van der Waals surface area contributed by atoms with E-state index in [9.17, 15) is 19.8 Å². The Morgan fingerprint density at radius 1 is 0.641 bits per heavy atom. The first-order valence-electron chi connectivity index (χ1n) is 24.1. The summed E-state index contributed by atoms with van der Waals surface area (Å²) in [6, 6.07) is 0. The summed E-state index contributed by atoms with van der Waals surface area (Å²) in [5.74, 6) is 7.16. The van der Waals surface area contributed by atoms with Gasteiger partial charge in [0.05, 0.1) is 45.5 Å². The first kappa shape index (κ1) is 53.7. The van der Waals surface area contributed by atoms with E-state index in [1.54, 1.807) is 29.5 Å². The highest BCUT2D eigenvalue weighted by Gasteiger charge is 2.63. The van der Waals surface area contributed by atoms with Crippen LogP contribution in [0.25, 0.3) is 0 Å². The molecule has 2 heterocycles. The zero-order valence-electron chi connectivity index (χ0n) is 37.9. The summed E-state index contributed by atoms with van der Waals surface area (Å²) in [7, 11) is 0. The smallest absolute Gasteiger partial charge is 0.157 e. The highest BCUT2D eigenvalue weighted by molar-refractivity contribution is 9.09. The summed E-state index contributed by atoms with van der Waals surface area (Å²) in [5.41, 5.74) is 0.264. The number of aromatic nitrogens is 4. The minimum atomic E-state index is -0.472. The monoisotopic (exact) mass is 993 g/mol. The van der Waals surface area contributed by atoms with Crippen LogP contribution in [0.15, 0.2) is 24.8 Å². The molecule has 11 heteroatoms. The average Bonchev–Trinajstić information content (AvgIpc) is 4.01. The predicted molar refractivity (Wildman–Crippen MR) is 267 cm³/mol. The maximum atomic E-state index is 13.3. The number of carbonyl (C=O) groups is 2. The minimum absolute atomic E-state index is 0. The molecule has 8 aliphatic carbocycles. The van der Waals surface area contributed by atoms with Gasteiger partial charge in [-0.1, -0.05) is 89.1 Å². The molecule has 0 spiro atoms. The van der Waals surface area contributed by atoms with E-state index in [1.807, 2.05) is 13.8 Å². The first-order chi connectivity index (χ1) is 28.7. The molecule has 2 aromatic rings. The van der Waals surface area contributed by atoms with Gasteiger partial charge in [0, 0.05) is 24.2 Å². The van der Waals surface area contributed by atoms with Crippen molar-refractivity contribution in [2.24, 2.45) is 80.8 Å². The van der Waals surface area contributed by atoms with Crippen molar-refractivity contribution in [1.82, 2.24) is 20.0 Å². The molecule has 0 radical (unpaired) electrons. The van der Waals surface area contributed by atoms with Crippen molar-refractivity contribution >= 4 is 50.7 Å². The first-order valence-corrected chi connectivity index (χ1v) is 26.0. The zero-order chi connectivity index (χ0) is 43.8. The third-order valence-electron chi connectivity index (χ3n) is 20.2. The van der Waals surface area contributed by atoms with Gasteiger partial charge in [0.25, 0.3) is 0 Å². The lowest BCUT2D eigenvalue weighted by atomic mass is 9.44. The van der Waals surface area contributed by atoms with E-state index in [0.717, 1.165) is 74.5 Å². The number of rotatable bonds is 5. The van der Waals surface area contributed by atoms with E-state index in [-0.39, 0.29) is 44.9 Å². The van der Waals surface area contributed by atoms with E-state index in [4.69, 9.17) is 23.2 Å². The lowest BCUT2D eigenvalue weighted by molar-refractivity contribution is -0.151. The van der Waals surface area contributed by atoms with E-state index in [0.29, 0.717) is 62.1 Å². The van der Waals surface area contributed by atoms with Gasteiger partial charge >= 0.3 is 0 Å². The van der Waals surface area contributed by atoms with Crippen molar-refractivity contribution in [2.75, 3.05) is 5.33 Å². The van der Waals surface area contributed by atoms with Crippen molar-refractivity contribution in [3.63, 3.8) is 0 Å². The Balaban J connectivity index is 0.000000206. The van der Waals surface area contributed by atoms with Crippen LogP contribution in [0.2, 0.25) is 10.0 Å². The number of aromatic amines is 1. The molecule has 0 bridgehead atoms. The number of halogens is 3. The van der Waals surface area contributed by atoms with Gasteiger partial charge in [0.2, 0.25) is 0 Å². The van der Waals surface area contributed by atoms with Crippen LogP contribution in [-0.4, -0.2) is 58.3 Å². The Bertz CT molecular complexity index is 1890. The van der Waals surface area contributed by atoms with Crippen LogP contribution < -0.4 is 0 Å². The Morgan fingerprint density at radius 3 is 1.50 bits per heavy atom. The fourth-order valence-electron chi connectivity index (χ4n) is 16.9. The molecule has 8 aliphatic rings.